The van der Waals surface area contributed by atoms with E-state index in [2.05, 4.69) is 53.7 Å². The summed E-state index contributed by atoms with van der Waals surface area (Å²) in [5, 5.41) is 2.03. The third-order valence-corrected chi connectivity index (χ3v) is 8.76. The van der Waals surface area contributed by atoms with E-state index in [9.17, 15) is 0 Å². The van der Waals surface area contributed by atoms with Crippen molar-refractivity contribution in [3.05, 3.63) is 142 Å². The van der Waals surface area contributed by atoms with Crippen LogP contribution in [0.4, 0.5) is 17.1 Å². The number of anilines is 3. The molecule has 220 valence electrons. The second-order valence-corrected chi connectivity index (χ2v) is 13.3. The van der Waals surface area contributed by atoms with E-state index < -0.39 is 36.3 Å². The smallest absolute Gasteiger partial charge is 0.159 e. The molecule has 0 spiro atoms. The first-order valence-electron chi connectivity index (χ1n) is 18.4. The lowest BCUT2D eigenvalue weighted by atomic mass is 9.87. The van der Waals surface area contributed by atoms with Gasteiger partial charge in [0.1, 0.15) is 0 Å². The summed E-state index contributed by atoms with van der Waals surface area (Å²) in [4.78, 5) is 2.07. The first kappa shape index (κ1) is 20.5. The average molecular weight is 678 g/mol. The molecule has 6 aromatic carbocycles. The SMILES string of the molecule is [2H]c1c([2H])c([2H])c2c(c1[2H])c1c([2H])c([2H])c([2H])c([2H])c1n2-c1cccc2c1oc1c(N(c3cccc(Cl)c3)c3cc(Br)cc(C(C)(C)C)c3)cccc12. The Hall–Kier alpha value is -4.51. The van der Waals surface area contributed by atoms with Crippen molar-refractivity contribution >= 4 is 88.3 Å². The molecule has 0 saturated heterocycles. The summed E-state index contributed by atoms with van der Waals surface area (Å²) < 4.78 is 78.9. The lowest BCUT2D eigenvalue weighted by Gasteiger charge is -2.28. The van der Waals surface area contributed by atoms with Gasteiger partial charge in [0.05, 0.1) is 33.4 Å². The zero-order valence-corrected chi connectivity index (χ0v) is 26.9. The number of furan rings is 1. The summed E-state index contributed by atoms with van der Waals surface area (Å²) in [7, 11) is 0. The summed E-state index contributed by atoms with van der Waals surface area (Å²) in [6, 6.07) is 21.6. The standard InChI is InChI=1S/C40H30BrClN2O/c1-40(2,3)25-21-26(41)23-29(22-25)43(28-12-8-11-27(42)24-28)36-19-9-15-32-33-16-10-20-37(39(33)45-38(32)36)44-34-17-6-4-13-30(34)31-14-5-7-18-35(31)44/h4-24H,1-3H3/i4D,5D,6D,7D,13D,14D,17D,18D. The number of rotatable bonds is 4. The molecular formula is C40H30BrClN2O. The minimum Gasteiger partial charge on any atom is -0.452 e. The van der Waals surface area contributed by atoms with E-state index in [0.717, 1.165) is 26.8 Å². The Bertz CT molecular complexity index is 2780. The van der Waals surface area contributed by atoms with E-state index in [4.69, 9.17) is 27.0 Å². The van der Waals surface area contributed by atoms with Crippen LogP contribution in [0.2, 0.25) is 5.02 Å². The van der Waals surface area contributed by atoms with Gasteiger partial charge in [0.2, 0.25) is 0 Å². The quantitative estimate of drug-likeness (QED) is 0.185. The summed E-state index contributed by atoms with van der Waals surface area (Å²) in [6.07, 6.45) is 0. The lowest BCUT2D eigenvalue weighted by molar-refractivity contribution is 0.590. The molecule has 0 radical (unpaired) electrons. The fourth-order valence-electron chi connectivity index (χ4n) is 5.98. The highest BCUT2D eigenvalue weighted by Crippen LogP contribution is 2.45. The van der Waals surface area contributed by atoms with Gasteiger partial charge in [0, 0.05) is 42.4 Å². The summed E-state index contributed by atoms with van der Waals surface area (Å²) in [5.41, 5.74) is 4.58. The molecule has 2 heterocycles. The zero-order valence-electron chi connectivity index (χ0n) is 32.6. The van der Waals surface area contributed by atoms with Crippen molar-refractivity contribution < 1.29 is 15.4 Å². The molecule has 8 rings (SSSR count). The maximum Gasteiger partial charge on any atom is 0.159 e. The Morgan fingerprint density at radius 1 is 0.711 bits per heavy atom. The number of aromatic nitrogens is 1. The molecule has 0 atom stereocenters. The molecule has 0 amide bonds. The van der Waals surface area contributed by atoms with E-state index in [1.54, 1.807) is 12.1 Å². The van der Waals surface area contributed by atoms with Crippen LogP contribution in [0.15, 0.2) is 136 Å². The molecule has 5 heteroatoms. The molecule has 0 fully saturated rings. The molecule has 0 N–H and O–H groups in total. The van der Waals surface area contributed by atoms with E-state index in [1.807, 2.05) is 54.6 Å². The molecule has 8 aromatic rings. The van der Waals surface area contributed by atoms with Crippen LogP contribution in [-0.2, 0) is 5.41 Å². The van der Waals surface area contributed by atoms with Crippen LogP contribution in [-0.4, -0.2) is 4.57 Å². The van der Waals surface area contributed by atoms with Crippen molar-refractivity contribution in [2.45, 2.75) is 26.2 Å². The minimum atomic E-state index is -0.496. The lowest BCUT2D eigenvalue weighted by Crippen LogP contribution is -2.15. The topological polar surface area (TPSA) is 21.3 Å². The Kier molecular flexibility index (Phi) is 4.80. The van der Waals surface area contributed by atoms with Gasteiger partial charge in [-0.05, 0) is 71.6 Å². The van der Waals surface area contributed by atoms with Gasteiger partial charge >= 0.3 is 0 Å². The molecular weight excluding hydrogens is 640 g/mol. The van der Waals surface area contributed by atoms with Gasteiger partial charge in [-0.15, -0.1) is 0 Å². The molecule has 0 bridgehead atoms. The van der Waals surface area contributed by atoms with E-state index >= 15 is 0 Å². The molecule has 0 aliphatic carbocycles. The predicted octanol–water partition coefficient (Wildman–Crippen LogP) is 12.9. The van der Waals surface area contributed by atoms with E-state index in [1.165, 1.54) is 4.57 Å². The molecule has 0 unspecified atom stereocenters. The number of hydrogen-bond donors (Lipinski definition) is 0. The predicted molar refractivity (Wildman–Crippen MR) is 194 cm³/mol. The maximum absolute atomic E-state index is 9.01. The average Bonchev–Trinajstić information content (AvgIpc) is 3.68. The molecule has 3 nitrogen and oxygen atoms in total. The van der Waals surface area contributed by atoms with Crippen molar-refractivity contribution in [1.82, 2.24) is 4.57 Å². The Labute approximate surface area is 286 Å². The third kappa shape index (κ3) is 4.63. The number of hydrogen-bond acceptors (Lipinski definition) is 2. The van der Waals surface area contributed by atoms with Gasteiger partial charge in [0.25, 0.3) is 0 Å². The molecule has 2 aromatic heterocycles. The highest BCUT2D eigenvalue weighted by molar-refractivity contribution is 9.10. The monoisotopic (exact) mass is 676 g/mol. The van der Waals surface area contributed by atoms with Crippen LogP contribution in [0.5, 0.6) is 0 Å². The molecule has 0 aliphatic rings. The molecule has 0 saturated carbocycles. The number of nitrogens with zero attached hydrogens (tertiary/aromatic N) is 2. The van der Waals surface area contributed by atoms with Crippen LogP contribution in [0.3, 0.4) is 0 Å². The summed E-state index contributed by atoms with van der Waals surface area (Å²) >= 11 is 10.3. The van der Waals surface area contributed by atoms with Gasteiger partial charge in [-0.3, -0.25) is 0 Å². The van der Waals surface area contributed by atoms with Gasteiger partial charge in [-0.25, -0.2) is 0 Å². The number of halogens is 2. The van der Waals surface area contributed by atoms with Crippen molar-refractivity contribution in [2.75, 3.05) is 4.90 Å². The van der Waals surface area contributed by atoms with Crippen molar-refractivity contribution in [3.8, 4) is 5.69 Å². The van der Waals surface area contributed by atoms with Gasteiger partial charge < -0.3 is 13.9 Å². The number of benzene rings is 6. The van der Waals surface area contributed by atoms with Crippen molar-refractivity contribution in [3.63, 3.8) is 0 Å². The van der Waals surface area contributed by atoms with Crippen LogP contribution in [0, 0.1) is 0 Å². The second kappa shape index (κ2) is 10.5. The minimum absolute atomic E-state index is 0.00300. The third-order valence-electron chi connectivity index (χ3n) is 8.07. The van der Waals surface area contributed by atoms with E-state index in [0.29, 0.717) is 32.9 Å². The van der Waals surface area contributed by atoms with Gasteiger partial charge in [0.15, 0.2) is 11.2 Å². The Morgan fingerprint density at radius 3 is 2.04 bits per heavy atom. The van der Waals surface area contributed by atoms with Crippen LogP contribution in [0.1, 0.15) is 37.3 Å². The number of para-hydroxylation sites is 4. The summed E-state index contributed by atoms with van der Waals surface area (Å²) in [6.45, 7) is 6.46. The Morgan fingerprint density at radius 2 is 1.36 bits per heavy atom. The van der Waals surface area contributed by atoms with Crippen LogP contribution >= 0.6 is 27.5 Å². The van der Waals surface area contributed by atoms with Gasteiger partial charge in [-0.1, -0.05) is 115 Å². The highest BCUT2D eigenvalue weighted by Gasteiger charge is 2.24. The first-order valence-corrected chi connectivity index (χ1v) is 15.6. The fourth-order valence-corrected chi connectivity index (χ4v) is 6.65. The summed E-state index contributed by atoms with van der Waals surface area (Å²) in [5.74, 6) is 0. The van der Waals surface area contributed by atoms with Crippen LogP contribution < -0.4 is 4.90 Å². The Balaban J connectivity index is 1.50. The van der Waals surface area contributed by atoms with Crippen molar-refractivity contribution in [2.24, 2.45) is 0 Å². The van der Waals surface area contributed by atoms with Crippen molar-refractivity contribution in [1.29, 1.82) is 0 Å². The molecule has 45 heavy (non-hydrogen) atoms. The molecule has 0 aliphatic heterocycles. The van der Waals surface area contributed by atoms with Gasteiger partial charge in [-0.2, -0.15) is 0 Å². The zero-order chi connectivity index (χ0) is 37.8. The largest absolute Gasteiger partial charge is 0.452 e. The van der Waals surface area contributed by atoms with E-state index in [-0.39, 0.29) is 39.3 Å². The second-order valence-electron chi connectivity index (χ2n) is 12.0. The fraction of sp³-hybridized carbons (Fsp3) is 0.100. The maximum atomic E-state index is 9.01. The number of fused-ring (bicyclic) bond motifs is 6. The highest BCUT2D eigenvalue weighted by atomic mass is 79.9. The van der Waals surface area contributed by atoms with Crippen LogP contribution in [0.25, 0.3) is 49.4 Å². The normalized spacial score (nSPS) is 14.6. The first-order chi connectivity index (χ1) is 25.1.